The summed E-state index contributed by atoms with van der Waals surface area (Å²) >= 11 is 1.44. The highest BCUT2D eigenvalue weighted by atomic mass is 32.1. The second-order valence-electron chi connectivity index (χ2n) is 7.18. The van der Waals surface area contributed by atoms with Gasteiger partial charge in [0, 0.05) is 36.1 Å². The van der Waals surface area contributed by atoms with Crippen molar-refractivity contribution in [3.63, 3.8) is 0 Å². The smallest absolute Gasteiger partial charge is 0.328 e. The second-order valence-corrected chi connectivity index (χ2v) is 8.01. The van der Waals surface area contributed by atoms with Gasteiger partial charge in [-0.3, -0.25) is 4.99 Å². The van der Waals surface area contributed by atoms with E-state index in [1.54, 1.807) is 0 Å². The molecule has 0 amide bonds. The molecule has 1 aromatic heterocycles. The predicted octanol–water partition coefficient (Wildman–Crippen LogP) is 1.74. The lowest BCUT2D eigenvalue weighted by Crippen LogP contribution is -2.21. The molecular formula is C24H30N6O8S. The molecule has 39 heavy (non-hydrogen) atoms. The van der Waals surface area contributed by atoms with Crippen molar-refractivity contribution in [2.45, 2.75) is 32.2 Å². The van der Waals surface area contributed by atoms with Gasteiger partial charge in [0.2, 0.25) is 5.13 Å². The van der Waals surface area contributed by atoms with E-state index in [2.05, 4.69) is 15.0 Å². The molecule has 10 N–H and O–H groups in total. The number of amidine groups is 1. The normalized spacial score (nSPS) is 10.6. The molecular weight excluding hydrogens is 532 g/mol. The number of aryl methyl sites for hydroxylation is 1. The Morgan fingerprint density at radius 3 is 1.79 bits per heavy atom. The molecule has 0 aliphatic heterocycles. The molecule has 0 saturated heterocycles. The van der Waals surface area contributed by atoms with E-state index in [0.29, 0.717) is 41.8 Å². The summed E-state index contributed by atoms with van der Waals surface area (Å²) in [6.45, 7) is 0.640. The number of carbonyl (C=O) groups is 4. The Bertz CT molecular complexity index is 1120. The third kappa shape index (κ3) is 21.9. The van der Waals surface area contributed by atoms with E-state index in [-0.39, 0.29) is 5.96 Å². The number of unbranched alkanes of at least 4 members (excludes halogenated alkanes) is 1. The number of aliphatic carboxylic acids is 4. The Hall–Kier alpha value is -5.05. The fourth-order valence-electron chi connectivity index (χ4n) is 2.33. The van der Waals surface area contributed by atoms with Crippen molar-refractivity contribution in [2.24, 2.45) is 27.2 Å². The fraction of sp³-hybridized carbons (Fsp3) is 0.208. The van der Waals surface area contributed by atoms with Gasteiger partial charge in [0.1, 0.15) is 0 Å². The highest BCUT2D eigenvalue weighted by Gasteiger charge is 2.02. The van der Waals surface area contributed by atoms with Gasteiger partial charge >= 0.3 is 23.9 Å². The van der Waals surface area contributed by atoms with Crippen LogP contribution in [0, 0.1) is 0 Å². The molecule has 0 aliphatic carbocycles. The van der Waals surface area contributed by atoms with Gasteiger partial charge in [0.25, 0.3) is 0 Å². The summed E-state index contributed by atoms with van der Waals surface area (Å²) in [4.78, 5) is 50.9. The molecule has 1 aromatic carbocycles. The van der Waals surface area contributed by atoms with Gasteiger partial charge in [-0.2, -0.15) is 4.99 Å². The van der Waals surface area contributed by atoms with E-state index in [0.717, 1.165) is 31.4 Å². The number of rotatable bonds is 12. The summed E-state index contributed by atoms with van der Waals surface area (Å²) in [6.07, 6.45) is 5.92. The van der Waals surface area contributed by atoms with Gasteiger partial charge in [-0.15, -0.1) is 11.3 Å². The van der Waals surface area contributed by atoms with Crippen molar-refractivity contribution >= 4 is 52.1 Å². The number of nitrogens with two attached hydrogens (primary N) is 3. The number of hydrogen-bond acceptors (Lipinski definition) is 8. The first-order valence-electron chi connectivity index (χ1n) is 11.0. The Morgan fingerprint density at radius 1 is 0.821 bits per heavy atom. The van der Waals surface area contributed by atoms with Gasteiger partial charge in [-0.25, -0.2) is 24.2 Å². The summed E-state index contributed by atoms with van der Waals surface area (Å²) < 4.78 is 0. The van der Waals surface area contributed by atoms with Crippen molar-refractivity contribution in [2.75, 3.05) is 0 Å². The van der Waals surface area contributed by atoms with Crippen molar-refractivity contribution in [3.05, 3.63) is 71.3 Å². The molecule has 0 bridgehead atoms. The van der Waals surface area contributed by atoms with E-state index in [1.165, 1.54) is 16.9 Å². The predicted molar refractivity (Wildman–Crippen MR) is 146 cm³/mol. The molecule has 15 heteroatoms. The maximum absolute atomic E-state index is 9.55. The molecule has 2 aromatic rings. The molecule has 2 rings (SSSR count). The number of guanidine groups is 1. The van der Waals surface area contributed by atoms with Gasteiger partial charge in [-0.05, 0) is 24.8 Å². The monoisotopic (exact) mass is 562 g/mol. The van der Waals surface area contributed by atoms with Crippen LogP contribution in [-0.2, 0) is 32.1 Å². The van der Waals surface area contributed by atoms with Gasteiger partial charge in [-0.1, -0.05) is 30.3 Å². The number of thiazole rings is 1. The van der Waals surface area contributed by atoms with Crippen LogP contribution in [0.3, 0.4) is 0 Å². The minimum absolute atomic E-state index is 0.0355. The molecule has 210 valence electrons. The first-order valence-corrected chi connectivity index (χ1v) is 11.9. The maximum atomic E-state index is 9.55. The topological polar surface area (TPSA) is 265 Å². The number of aromatic nitrogens is 1. The number of nitrogens with zero attached hydrogens (tertiary/aromatic N) is 3. The lowest BCUT2D eigenvalue weighted by atomic mass is 10.1. The average molecular weight is 563 g/mol. The molecule has 0 radical (unpaired) electrons. The Morgan fingerprint density at radius 2 is 1.33 bits per heavy atom. The van der Waals surface area contributed by atoms with Crippen molar-refractivity contribution in [1.29, 1.82) is 0 Å². The van der Waals surface area contributed by atoms with Gasteiger partial charge < -0.3 is 37.6 Å². The average Bonchev–Trinajstić information content (AvgIpc) is 3.30. The minimum atomic E-state index is -1.26. The van der Waals surface area contributed by atoms with Crippen LogP contribution in [0.2, 0.25) is 0 Å². The number of carboxylic acids is 4. The molecule has 0 aliphatic rings. The van der Waals surface area contributed by atoms with Gasteiger partial charge in [0.05, 0.1) is 18.1 Å². The van der Waals surface area contributed by atoms with E-state index in [9.17, 15) is 19.2 Å². The van der Waals surface area contributed by atoms with E-state index in [1.807, 2.05) is 35.7 Å². The summed E-state index contributed by atoms with van der Waals surface area (Å²) in [6, 6.07) is 10.1. The Kier molecular flexibility index (Phi) is 17.5. The lowest BCUT2D eigenvalue weighted by Gasteiger charge is -2.01. The van der Waals surface area contributed by atoms with Crippen molar-refractivity contribution in [1.82, 2.24) is 4.98 Å². The first-order chi connectivity index (χ1) is 18.4. The van der Waals surface area contributed by atoms with Crippen LogP contribution in [0.5, 0.6) is 0 Å². The van der Waals surface area contributed by atoms with Crippen molar-refractivity contribution < 1.29 is 39.6 Å². The van der Waals surface area contributed by atoms with Crippen LogP contribution >= 0.6 is 11.3 Å². The van der Waals surface area contributed by atoms with Gasteiger partial charge in [0.15, 0.2) is 5.96 Å². The zero-order valence-electron chi connectivity index (χ0n) is 20.7. The third-order valence-electron chi connectivity index (χ3n) is 3.92. The molecule has 0 atom stereocenters. The molecule has 0 fully saturated rings. The van der Waals surface area contributed by atoms with Crippen molar-refractivity contribution in [3.8, 4) is 0 Å². The van der Waals surface area contributed by atoms with Crippen LogP contribution in [0.4, 0.5) is 5.13 Å². The number of hydrogen-bond donors (Lipinski definition) is 7. The Labute approximate surface area is 227 Å². The van der Waals surface area contributed by atoms with E-state index in [4.69, 9.17) is 37.6 Å². The van der Waals surface area contributed by atoms with Crippen LogP contribution in [0.1, 0.15) is 30.5 Å². The Balaban J connectivity index is 0.000000742. The summed E-state index contributed by atoms with van der Waals surface area (Å²) in [5.41, 5.74) is 18.8. The summed E-state index contributed by atoms with van der Waals surface area (Å²) in [7, 11) is 0. The third-order valence-corrected chi connectivity index (χ3v) is 4.71. The quantitative estimate of drug-likeness (QED) is 0.0843. The highest BCUT2D eigenvalue weighted by molar-refractivity contribution is 7.13. The standard InChI is InChI=1S/C16H22N6S.2C4H4O4/c17-14(20-10-12-6-2-1-3-7-12)9-5-4-8-13-11-23-16(21-13)22-15(18)19;2*5-3(6)1-2-4(7)8/h1-3,6-7,11H,4-5,8-10H2,(H2,17,20)(H4,18,19,21,22);2*1-2H,(H,5,6)(H,7,8)/b;2*2-1-. The first kappa shape index (κ1) is 34.0. The molecule has 0 unspecified atom stereocenters. The molecule has 0 spiro atoms. The molecule has 14 nitrogen and oxygen atoms in total. The lowest BCUT2D eigenvalue weighted by molar-refractivity contribution is -0.134. The van der Waals surface area contributed by atoms with Crippen LogP contribution < -0.4 is 17.2 Å². The zero-order valence-corrected chi connectivity index (χ0v) is 21.5. The second kappa shape index (κ2) is 20.1. The summed E-state index contributed by atoms with van der Waals surface area (Å²) in [5, 5.41) is 33.8. The minimum Gasteiger partial charge on any atom is -0.478 e. The zero-order chi connectivity index (χ0) is 29.6. The molecule has 0 saturated carbocycles. The largest absolute Gasteiger partial charge is 0.478 e. The number of carboxylic acid groups (broad SMARTS) is 4. The summed E-state index contributed by atoms with van der Waals surface area (Å²) in [5.74, 6) is -4.29. The van der Waals surface area contributed by atoms with Crippen LogP contribution in [0.15, 0.2) is 70.0 Å². The van der Waals surface area contributed by atoms with E-state index < -0.39 is 23.9 Å². The number of benzene rings is 1. The fourth-order valence-corrected chi connectivity index (χ4v) is 3.07. The SMILES string of the molecule is NC(N)=Nc1nc(CCCCC(N)=NCc2ccccc2)cs1.O=C(O)/C=C\C(=O)O.O=C(O)/C=C\C(=O)O. The number of aliphatic imine (C=N–C) groups is 2. The van der Waals surface area contributed by atoms with Crippen LogP contribution in [-0.4, -0.2) is 61.1 Å². The highest BCUT2D eigenvalue weighted by Crippen LogP contribution is 2.19. The van der Waals surface area contributed by atoms with E-state index >= 15 is 0 Å². The maximum Gasteiger partial charge on any atom is 0.328 e. The molecule has 1 heterocycles. The van der Waals surface area contributed by atoms with Crippen LogP contribution in [0.25, 0.3) is 0 Å².